The van der Waals surface area contributed by atoms with Crippen molar-refractivity contribution in [2.45, 2.75) is 18.9 Å². The molecule has 8 nitrogen and oxygen atoms in total. The molecule has 148 valence electrons. The van der Waals surface area contributed by atoms with Crippen LogP contribution >= 0.6 is 0 Å². The van der Waals surface area contributed by atoms with Crippen LogP contribution in [0.25, 0.3) is 0 Å². The number of nitrogens with one attached hydrogen (secondary N) is 1. The highest BCUT2D eigenvalue weighted by Crippen LogP contribution is 2.18. The van der Waals surface area contributed by atoms with Gasteiger partial charge in [-0.25, -0.2) is 14.0 Å². The second-order valence-corrected chi connectivity index (χ2v) is 6.58. The van der Waals surface area contributed by atoms with Gasteiger partial charge in [0.25, 0.3) is 0 Å². The van der Waals surface area contributed by atoms with E-state index in [1.54, 1.807) is 19.0 Å². The molecule has 2 N–H and O–H groups in total. The van der Waals surface area contributed by atoms with E-state index in [1.807, 2.05) is 0 Å². The number of urea groups is 1. The summed E-state index contributed by atoms with van der Waals surface area (Å²) < 4.78 is 18.2. The number of carboxylic acids is 1. The van der Waals surface area contributed by atoms with Crippen molar-refractivity contribution in [3.63, 3.8) is 0 Å². The summed E-state index contributed by atoms with van der Waals surface area (Å²) in [5.74, 6) is -2.03. The van der Waals surface area contributed by atoms with Crippen LogP contribution in [0, 0.1) is 11.7 Å². The van der Waals surface area contributed by atoms with Crippen molar-refractivity contribution in [2.24, 2.45) is 5.92 Å². The van der Waals surface area contributed by atoms with E-state index >= 15 is 0 Å². The highest BCUT2D eigenvalue weighted by atomic mass is 19.1. The Kier molecular flexibility index (Phi) is 6.98. The van der Waals surface area contributed by atoms with Crippen LogP contribution < -0.4 is 10.1 Å². The Hall–Kier alpha value is -2.84. The molecule has 1 aliphatic heterocycles. The van der Waals surface area contributed by atoms with E-state index in [0.717, 1.165) is 12.1 Å². The molecule has 1 aliphatic rings. The fourth-order valence-electron chi connectivity index (χ4n) is 2.81. The highest BCUT2D eigenvalue weighted by Gasteiger charge is 2.29. The molecule has 3 amide bonds. The van der Waals surface area contributed by atoms with Gasteiger partial charge in [-0.05, 0) is 37.1 Å². The van der Waals surface area contributed by atoms with Gasteiger partial charge in [-0.1, -0.05) is 0 Å². The molecule has 0 saturated carbocycles. The molecule has 0 radical (unpaired) electrons. The van der Waals surface area contributed by atoms with Crippen LogP contribution in [0.1, 0.15) is 12.8 Å². The molecular weight excluding hydrogens is 357 g/mol. The standard InChI is InChI=1S/C18H24FN3O5/c1-21(2)18(26)22-9-7-12(8-10-22)16(23)20-11-15(17(24)25)27-14-5-3-13(19)4-6-14/h3-6,12,15H,7-11H2,1-2H3,(H,20,23)(H,24,25). The van der Waals surface area contributed by atoms with Gasteiger partial charge < -0.3 is 25.0 Å². The Bertz CT molecular complexity index is 672. The number of benzene rings is 1. The van der Waals surface area contributed by atoms with E-state index in [4.69, 9.17) is 4.74 Å². The van der Waals surface area contributed by atoms with E-state index in [2.05, 4.69) is 5.32 Å². The minimum Gasteiger partial charge on any atom is -0.478 e. The molecule has 2 rings (SSSR count). The Morgan fingerprint density at radius 1 is 1.26 bits per heavy atom. The van der Waals surface area contributed by atoms with E-state index in [1.165, 1.54) is 17.0 Å². The Morgan fingerprint density at radius 3 is 2.37 bits per heavy atom. The molecule has 1 saturated heterocycles. The molecule has 1 fully saturated rings. The SMILES string of the molecule is CN(C)C(=O)N1CCC(C(=O)NCC(Oc2ccc(F)cc2)C(=O)O)CC1. The Balaban J connectivity index is 1.83. The zero-order valence-electron chi connectivity index (χ0n) is 15.4. The lowest BCUT2D eigenvalue weighted by atomic mass is 9.96. The first-order valence-corrected chi connectivity index (χ1v) is 8.67. The van der Waals surface area contributed by atoms with Crippen molar-refractivity contribution in [1.29, 1.82) is 0 Å². The molecule has 0 spiro atoms. The first-order valence-electron chi connectivity index (χ1n) is 8.67. The van der Waals surface area contributed by atoms with Gasteiger partial charge in [0.15, 0.2) is 0 Å². The van der Waals surface area contributed by atoms with Crippen LogP contribution in [0.2, 0.25) is 0 Å². The summed E-state index contributed by atoms with van der Waals surface area (Å²) >= 11 is 0. The lowest BCUT2D eigenvalue weighted by Gasteiger charge is -2.33. The molecule has 0 bridgehead atoms. The lowest BCUT2D eigenvalue weighted by molar-refractivity contribution is -0.145. The summed E-state index contributed by atoms with van der Waals surface area (Å²) in [4.78, 5) is 38.7. The number of amides is 3. The fourth-order valence-corrected chi connectivity index (χ4v) is 2.81. The Labute approximate surface area is 156 Å². The fraction of sp³-hybridized carbons (Fsp3) is 0.500. The van der Waals surface area contributed by atoms with Crippen molar-refractivity contribution in [2.75, 3.05) is 33.7 Å². The number of piperidine rings is 1. The molecule has 27 heavy (non-hydrogen) atoms. The van der Waals surface area contributed by atoms with Gasteiger partial charge in [-0.2, -0.15) is 0 Å². The van der Waals surface area contributed by atoms with Crippen LogP contribution in [0.3, 0.4) is 0 Å². The zero-order valence-corrected chi connectivity index (χ0v) is 15.4. The van der Waals surface area contributed by atoms with Crippen LogP contribution in [-0.2, 0) is 9.59 Å². The number of ether oxygens (including phenoxy) is 1. The number of rotatable bonds is 6. The molecule has 0 aromatic heterocycles. The predicted molar refractivity (Wildman–Crippen MR) is 94.8 cm³/mol. The molecule has 1 heterocycles. The monoisotopic (exact) mass is 381 g/mol. The Morgan fingerprint density at radius 2 is 1.85 bits per heavy atom. The summed E-state index contributed by atoms with van der Waals surface area (Å²) in [7, 11) is 3.35. The molecular formula is C18H24FN3O5. The van der Waals surface area contributed by atoms with Crippen molar-refractivity contribution in [3.8, 4) is 5.75 Å². The largest absolute Gasteiger partial charge is 0.478 e. The maximum Gasteiger partial charge on any atom is 0.346 e. The third kappa shape index (κ3) is 5.83. The summed E-state index contributed by atoms with van der Waals surface area (Å²) in [6, 6.07) is 4.88. The topological polar surface area (TPSA) is 99.2 Å². The average Bonchev–Trinajstić information content (AvgIpc) is 2.65. The number of aliphatic carboxylic acids is 1. The molecule has 1 aromatic rings. The van der Waals surface area contributed by atoms with E-state index in [0.29, 0.717) is 25.9 Å². The van der Waals surface area contributed by atoms with Gasteiger partial charge in [-0.3, -0.25) is 4.79 Å². The lowest BCUT2D eigenvalue weighted by Crippen LogP contribution is -2.48. The van der Waals surface area contributed by atoms with Gasteiger partial charge >= 0.3 is 12.0 Å². The number of likely N-dealkylation sites (tertiary alicyclic amines) is 1. The number of hydrogen-bond donors (Lipinski definition) is 2. The molecule has 1 aromatic carbocycles. The van der Waals surface area contributed by atoms with E-state index < -0.39 is 17.9 Å². The molecule has 1 atom stereocenters. The van der Waals surface area contributed by atoms with Crippen molar-refractivity contribution < 1.29 is 28.6 Å². The number of halogens is 1. The number of carbonyl (C=O) groups is 3. The summed E-state index contributed by atoms with van der Waals surface area (Å²) in [5.41, 5.74) is 0. The summed E-state index contributed by atoms with van der Waals surface area (Å²) in [5, 5.41) is 11.9. The molecule has 0 aliphatic carbocycles. The summed E-state index contributed by atoms with van der Waals surface area (Å²) in [6.07, 6.45) is -0.251. The predicted octanol–water partition coefficient (Wildman–Crippen LogP) is 1.17. The van der Waals surface area contributed by atoms with Gasteiger partial charge in [0, 0.05) is 33.1 Å². The second kappa shape index (κ2) is 9.20. The maximum atomic E-state index is 12.9. The van der Waals surface area contributed by atoms with Crippen LogP contribution in [0.4, 0.5) is 9.18 Å². The normalized spacial score (nSPS) is 15.7. The second-order valence-electron chi connectivity index (χ2n) is 6.58. The van der Waals surface area contributed by atoms with Crippen LogP contribution in [0.5, 0.6) is 5.75 Å². The minimum atomic E-state index is -1.28. The van der Waals surface area contributed by atoms with Crippen LogP contribution in [0.15, 0.2) is 24.3 Å². The van der Waals surface area contributed by atoms with Gasteiger partial charge in [0.2, 0.25) is 12.0 Å². The molecule has 9 heteroatoms. The average molecular weight is 381 g/mol. The number of carbonyl (C=O) groups excluding carboxylic acids is 2. The van der Waals surface area contributed by atoms with Crippen molar-refractivity contribution in [1.82, 2.24) is 15.1 Å². The first-order chi connectivity index (χ1) is 12.8. The minimum absolute atomic E-state index is 0.0903. The molecule has 1 unspecified atom stereocenters. The quantitative estimate of drug-likeness (QED) is 0.771. The first kappa shape index (κ1) is 20.5. The highest BCUT2D eigenvalue weighted by molar-refractivity contribution is 5.81. The third-order valence-corrected chi connectivity index (χ3v) is 4.35. The maximum absolute atomic E-state index is 12.9. The van der Waals surface area contributed by atoms with Crippen LogP contribution in [-0.4, -0.2) is 72.6 Å². The number of hydrogen-bond acceptors (Lipinski definition) is 4. The van der Waals surface area contributed by atoms with E-state index in [9.17, 15) is 23.9 Å². The van der Waals surface area contributed by atoms with Gasteiger partial charge in [0.05, 0.1) is 6.54 Å². The van der Waals surface area contributed by atoms with E-state index in [-0.39, 0.29) is 30.2 Å². The van der Waals surface area contributed by atoms with Crippen molar-refractivity contribution >= 4 is 17.9 Å². The smallest absolute Gasteiger partial charge is 0.346 e. The number of carboxylic acid groups (broad SMARTS) is 1. The van der Waals surface area contributed by atoms with Gasteiger partial charge in [-0.15, -0.1) is 0 Å². The third-order valence-electron chi connectivity index (χ3n) is 4.35. The van der Waals surface area contributed by atoms with Crippen molar-refractivity contribution in [3.05, 3.63) is 30.1 Å². The summed E-state index contributed by atoms with van der Waals surface area (Å²) in [6.45, 7) is 0.745. The van der Waals surface area contributed by atoms with Gasteiger partial charge in [0.1, 0.15) is 11.6 Å². The number of nitrogens with zero attached hydrogens (tertiary/aromatic N) is 2. The zero-order chi connectivity index (χ0) is 20.0.